The number of rotatable bonds is 5. The standard InChI is InChI=1S/C51H36N4/c1-51-28-13-12-18-38(51)32-39(27-29-51)54-45-21-10-9-20-41(45)43-30-36(24-26-47(43)54)37-23-25-42-40-19-8-11-22-46(40)55(48(42)31-37)49-33-44(34-14-4-2-5-15-34)52-50(53-49)35-16-6-3-7-17-35/h2-33,38H,1H3. The first-order chi connectivity index (χ1) is 27.1. The van der Waals surface area contributed by atoms with Gasteiger partial charge in [-0.1, -0.05) is 159 Å². The van der Waals surface area contributed by atoms with E-state index in [9.17, 15) is 0 Å². The Morgan fingerprint density at radius 1 is 0.491 bits per heavy atom. The van der Waals surface area contributed by atoms with Crippen LogP contribution in [0.5, 0.6) is 0 Å². The van der Waals surface area contributed by atoms with Crippen LogP contribution in [0.2, 0.25) is 0 Å². The molecule has 2 unspecified atom stereocenters. The highest BCUT2D eigenvalue weighted by Gasteiger charge is 2.31. The lowest BCUT2D eigenvalue weighted by Crippen LogP contribution is -2.24. The van der Waals surface area contributed by atoms with Gasteiger partial charge in [-0.2, -0.15) is 0 Å². The Balaban J connectivity index is 1.10. The van der Waals surface area contributed by atoms with E-state index in [0.29, 0.717) is 11.7 Å². The zero-order valence-corrected chi connectivity index (χ0v) is 30.3. The van der Waals surface area contributed by atoms with Crippen LogP contribution in [0.15, 0.2) is 194 Å². The van der Waals surface area contributed by atoms with E-state index >= 15 is 0 Å². The Hall–Kier alpha value is -7.04. The van der Waals surface area contributed by atoms with E-state index in [0.717, 1.165) is 39.2 Å². The number of benzene rings is 6. The maximum Gasteiger partial charge on any atom is 0.162 e. The minimum absolute atomic E-state index is 0.00327. The van der Waals surface area contributed by atoms with E-state index < -0.39 is 0 Å². The molecule has 0 aliphatic heterocycles. The number of hydrogen-bond donors (Lipinski definition) is 0. The summed E-state index contributed by atoms with van der Waals surface area (Å²) in [7, 11) is 0. The molecule has 3 heterocycles. The molecular formula is C51H36N4. The highest BCUT2D eigenvalue weighted by Crippen LogP contribution is 2.43. The summed E-state index contributed by atoms with van der Waals surface area (Å²) in [5, 5.41) is 4.87. The molecule has 0 radical (unpaired) electrons. The molecule has 55 heavy (non-hydrogen) atoms. The maximum absolute atomic E-state index is 5.26. The van der Waals surface area contributed by atoms with Crippen LogP contribution in [0.25, 0.3) is 88.9 Å². The zero-order valence-electron chi connectivity index (χ0n) is 30.3. The molecule has 0 bridgehead atoms. The average Bonchev–Trinajstić information content (AvgIpc) is 3.76. The lowest BCUT2D eigenvalue weighted by molar-refractivity contribution is 0.453. The molecule has 9 aromatic rings. The van der Waals surface area contributed by atoms with Gasteiger partial charge in [0.2, 0.25) is 0 Å². The number of hydrogen-bond acceptors (Lipinski definition) is 2. The Kier molecular flexibility index (Phi) is 7.02. The molecule has 260 valence electrons. The molecule has 2 aliphatic rings. The van der Waals surface area contributed by atoms with Crippen molar-refractivity contribution in [2.24, 2.45) is 11.3 Å². The van der Waals surface area contributed by atoms with Crippen molar-refractivity contribution in [2.45, 2.75) is 6.92 Å². The van der Waals surface area contributed by atoms with Crippen molar-refractivity contribution in [1.82, 2.24) is 19.1 Å². The zero-order chi connectivity index (χ0) is 36.5. The molecule has 4 heteroatoms. The third-order valence-electron chi connectivity index (χ3n) is 11.5. The van der Waals surface area contributed by atoms with Gasteiger partial charge in [-0.05, 0) is 47.5 Å². The van der Waals surface area contributed by atoms with Crippen molar-refractivity contribution in [1.29, 1.82) is 0 Å². The normalized spacial score (nSPS) is 17.7. The largest absolute Gasteiger partial charge is 0.310 e. The van der Waals surface area contributed by atoms with Crippen LogP contribution in [0.3, 0.4) is 0 Å². The molecular weight excluding hydrogens is 669 g/mol. The van der Waals surface area contributed by atoms with Gasteiger partial charge in [0, 0.05) is 55.8 Å². The van der Waals surface area contributed by atoms with Gasteiger partial charge in [-0.3, -0.25) is 4.57 Å². The number of allylic oxidation sites excluding steroid dienone is 8. The Bertz CT molecular complexity index is 3040. The summed E-state index contributed by atoms with van der Waals surface area (Å²) in [4.78, 5) is 10.3. The molecule has 0 N–H and O–H groups in total. The minimum atomic E-state index is 0.00327. The first-order valence-electron chi connectivity index (χ1n) is 19.0. The fraction of sp³-hybridized carbons (Fsp3) is 0.0588. The Morgan fingerprint density at radius 2 is 1.13 bits per heavy atom. The summed E-state index contributed by atoms with van der Waals surface area (Å²) >= 11 is 0. The van der Waals surface area contributed by atoms with Crippen molar-refractivity contribution < 1.29 is 0 Å². The van der Waals surface area contributed by atoms with Crippen LogP contribution in [0.1, 0.15) is 6.92 Å². The predicted molar refractivity (Wildman–Crippen MR) is 229 cm³/mol. The summed E-state index contributed by atoms with van der Waals surface area (Å²) < 4.78 is 4.74. The Labute approximate surface area is 319 Å². The van der Waals surface area contributed by atoms with Crippen LogP contribution in [0, 0.1) is 11.3 Å². The molecule has 0 saturated heterocycles. The number of fused-ring (bicyclic) bond motifs is 7. The van der Waals surface area contributed by atoms with E-state index in [4.69, 9.17) is 9.97 Å². The van der Waals surface area contributed by atoms with Crippen LogP contribution in [-0.2, 0) is 0 Å². The fourth-order valence-electron chi connectivity index (χ4n) is 8.67. The average molecular weight is 705 g/mol. The molecule has 0 amide bonds. The van der Waals surface area contributed by atoms with Crippen molar-refractivity contribution >= 4 is 49.3 Å². The van der Waals surface area contributed by atoms with Gasteiger partial charge < -0.3 is 4.57 Å². The van der Waals surface area contributed by atoms with Gasteiger partial charge in [0.25, 0.3) is 0 Å². The van der Waals surface area contributed by atoms with E-state index in [1.807, 2.05) is 24.3 Å². The number of aromatic nitrogens is 4. The minimum Gasteiger partial charge on any atom is -0.310 e. The summed E-state index contributed by atoms with van der Waals surface area (Å²) in [5.41, 5.74) is 11.1. The predicted octanol–water partition coefficient (Wildman–Crippen LogP) is 12.8. The van der Waals surface area contributed by atoms with Gasteiger partial charge in [-0.25, -0.2) is 9.97 Å². The molecule has 3 aromatic heterocycles. The van der Waals surface area contributed by atoms with E-state index in [1.165, 1.54) is 43.8 Å². The molecule has 11 rings (SSSR count). The fourth-order valence-corrected chi connectivity index (χ4v) is 8.67. The van der Waals surface area contributed by atoms with Crippen LogP contribution < -0.4 is 0 Å². The second-order valence-electron chi connectivity index (χ2n) is 14.9. The van der Waals surface area contributed by atoms with E-state index in [2.05, 4.69) is 186 Å². The summed E-state index contributed by atoms with van der Waals surface area (Å²) in [6.07, 6.45) is 16.0. The smallest absolute Gasteiger partial charge is 0.162 e. The summed E-state index contributed by atoms with van der Waals surface area (Å²) in [6.45, 7) is 2.31. The molecule has 0 spiro atoms. The van der Waals surface area contributed by atoms with Crippen molar-refractivity contribution in [3.05, 3.63) is 194 Å². The van der Waals surface area contributed by atoms with Crippen LogP contribution >= 0.6 is 0 Å². The maximum atomic E-state index is 5.26. The second-order valence-corrected chi connectivity index (χ2v) is 14.9. The van der Waals surface area contributed by atoms with E-state index in [1.54, 1.807) is 0 Å². The van der Waals surface area contributed by atoms with Crippen molar-refractivity contribution in [2.75, 3.05) is 0 Å². The highest BCUT2D eigenvalue weighted by molar-refractivity contribution is 6.13. The summed E-state index contributed by atoms with van der Waals surface area (Å²) in [5.74, 6) is 1.85. The number of nitrogens with zero attached hydrogens (tertiary/aromatic N) is 4. The highest BCUT2D eigenvalue weighted by atomic mass is 15.1. The lowest BCUT2D eigenvalue weighted by Gasteiger charge is -2.34. The first kappa shape index (κ1) is 31.5. The van der Waals surface area contributed by atoms with Crippen molar-refractivity contribution in [3.8, 4) is 39.6 Å². The van der Waals surface area contributed by atoms with E-state index in [-0.39, 0.29) is 5.41 Å². The molecule has 2 aliphatic carbocycles. The summed E-state index contributed by atoms with van der Waals surface area (Å²) in [6, 6.07) is 54.0. The SMILES string of the molecule is CC12C=CC=CC1C=C(n1c3ccccc3c3cc(-c4ccc5c6ccccc6n(-c6cc(-c7ccccc7)nc(-c7ccccc7)n6)c5c4)ccc31)C=C2. The van der Waals surface area contributed by atoms with Crippen molar-refractivity contribution in [3.63, 3.8) is 0 Å². The molecule has 4 nitrogen and oxygen atoms in total. The van der Waals surface area contributed by atoms with Gasteiger partial charge >= 0.3 is 0 Å². The topological polar surface area (TPSA) is 35.6 Å². The van der Waals surface area contributed by atoms with Crippen LogP contribution in [-0.4, -0.2) is 19.1 Å². The van der Waals surface area contributed by atoms with Crippen LogP contribution in [0.4, 0.5) is 0 Å². The monoisotopic (exact) mass is 704 g/mol. The molecule has 2 atom stereocenters. The van der Waals surface area contributed by atoms with Gasteiger partial charge in [0.1, 0.15) is 5.82 Å². The first-order valence-corrected chi connectivity index (χ1v) is 19.0. The van der Waals surface area contributed by atoms with Gasteiger partial charge in [0.15, 0.2) is 5.82 Å². The molecule has 0 saturated carbocycles. The van der Waals surface area contributed by atoms with Gasteiger partial charge in [0.05, 0.1) is 27.8 Å². The molecule has 0 fully saturated rings. The van der Waals surface area contributed by atoms with Gasteiger partial charge in [-0.15, -0.1) is 0 Å². The second kappa shape index (κ2) is 12.3. The lowest BCUT2D eigenvalue weighted by atomic mass is 9.71. The third kappa shape index (κ3) is 5.06. The Morgan fingerprint density at radius 3 is 1.93 bits per heavy atom. The third-order valence-corrected chi connectivity index (χ3v) is 11.5. The molecule has 6 aromatic carbocycles. The number of para-hydroxylation sites is 2. The quantitative estimate of drug-likeness (QED) is 0.179.